The summed E-state index contributed by atoms with van der Waals surface area (Å²) in [5.74, 6) is -2.91. The molecular weight excluding hydrogens is 371 g/mol. The van der Waals surface area contributed by atoms with E-state index >= 15 is 0 Å². The van der Waals surface area contributed by atoms with Crippen LogP contribution in [0.5, 0.6) is 5.75 Å². The summed E-state index contributed by atoms with van der Waals surface area (Å²) in [4.78, 5) is 15.9. The number of alkyl halides is 3. The molecule has 5 nitrogen and oxygen atoms in total. The Kier molecular flexibility index (Phi) is 6.10. The van der Waals surface area contributed by atoms with Crippen LogP contribution in [0.4, 0.5) is 13.2 Å². The predicted molar refractivity (Wildman–Crippen MR) is 91.8 cm³/mol. The van der Waals surface area contributed by atoms with Crippen LogP contribution < -0.4 is 16.2 Å². The molecule has 0 aliphatic carbocycles. The SMILES string of the molecule is NC(N)=NC(=O)[C@H](Cc1ccccc1Cl)c1ccccc1OC(F)(F)F. The van der Waals surface area contributed by atoms with Gasteiger partial charge in [-0.25, -0.2) is 0 Å². The zero-order valence-electron chi connectivity index (χ0n) is 13.3. The Bertz CT molecular complexity index is 821. The molecule has 0 spiro atoms. The van der Waals surface area contributed by atoms with E-state index in [0.717, 1.165) is 6.07 Å². The smallest absolute Gasteiger partial charge is 0.405 e. The van der Waals surface area contributed by atoms with E-state index in [1.165, 1.54) is 18.2 Å². The number of rotatable bonds is 5. The van der Waals surface area contributed by atoms with Gasteiger partial charge < -0.3 is 16.2 Å². The minimum absolute atomic E-state index is 0.000236. The molecule has 26 heavy (non-hydrogen) atoms. The maximum Gasteiger partial charge on any atom is 0.573 e. The molecule has 0 radical (unpaired) electrons. The average Bonchev–Trinajstić information content (AvgIpc) is 2.53. The largest absolute Gasteiger partial charge is 0.573 e. The molecule has 0 aromatic heterocycles. The average molecular weight is 386 g/mol. The number of guanidine groups is 1. The van der Waals surface area contributed by atoms with Crippen LogP contribution in [0.1, 0.15) is 17.0 Å². The van der Waals surface area contributed by atoms with Crippen molar-refractivity contribution in [2.24, 2.45) is 16.5 Å². The summed E-state index contributed by atoms with van der Waals surface area (Å²) in [6.45, 7) is 0. The maximum absolute atomic E-state index is 12.7. The van der Waals surface area contributed by atoms with E-state index in [-0.39, 0.29) is 12.0 Å². The van der Waals surface area contributed by atoms with Crippen LogP contribution in [-0.2, 0) is 11.2 Å². The second kappa shape index (κ2) is 8.09. The van der Waals surface area contributed by atoms with Gasteiger partial charge in [0, 0.05) is 10.6 Å². The zero-order valence-corrected chi connectivity index (χ0v) is 14.1. The first kappa shape index (κ1) is 19.6. The minimum Gasteiger partial charge on any atom is -0.405 e. The van der Waals surface area contributed by atoms with Crippen LogP contribution in [0.3, 0.4) is 0 Å². The van der Waals surface area contributed by atoms with Gasteiger partial charge >= 0.3 is 6.36 Å². The highest BCUT2D eigenvalue weighted by atomic mass is 35.5. The van der Waals surface area contributed by atoms with Gasteiger partial charge in [-0.15, -0.1) is 13.2 Å². The minimum atomic E-state index is -4.91. The van der Waals surface area contributed by atoms with Crippen molar-refractivity contribution in [3.8, 4) is 5.75 Å². The molecule has 0 aliphatic rings. The molecule has 2 aromatic carbocycles. The van der Waals surface area contributed by atoms with Gasteiger partial charge in [-0.05, 0) is 24.1 Å². The maximum atomic E-state index is 12.7. The number of hydrogen-bond acceptors (Lipinski definition) is 2. The van der Waals surface area contributed by atoms with Gasteiger partial charge in [-0.1, -0.05) is 48.0 Å². The molecule has 0 saturated heterocycles. The van der Waals surface area contributed by atoms with Crippen molar-refractivity contribution in [1.82, 2.24) is 0 Å². The second-order valence-corrected chi connectivity index (χ2v) is 5.72. The normalized spacial score (nSPS) is 12.3. The molecule has 0 bridgehead atoms. The van der Waals surface area contributed by atoms with E-state index in [1.54, 1.807) is 24.3 Å². The van der Waals surface area contributed by atoms with Gasteiger partial charge in [0.05, 0.1) is 5.92 Å². The Morgan fingerprint density at radius 1 is 1.12 bits per heavy atom. The quantitative estimate of drug-likeness (QED) is 0.610. The second-order valence-electron chi connectivity index (χ2n) is 5.31. The Balaban J connectivity index is 2.50. The molecule has 2 rings (SSSR count). The third-order valence-electron chi connectivity index (χ3n) is 3.44. The number of halogens is 4. The van der Waals surface area contributed by atoms with Gasteiger partial charge in [-0.3, -0.25) is 4.79 Å². The zero-order chi connectivity index (χ0) is 19.3. The lowest BCUT2D eigenvalue weighted by atomic mass is 9.90. The summed E-state index contributed by atoms with van der Waals surface area (Å²) in [7, 11) is 0. The molecule has 0 aliphatic heterocycles. The lowest BCUT2D eigenvalue weighted by Crippen LogP contribution is -2.27. The number of amides is 1. The summed E-state index contributed by atoms with van der Waals surface area (Å²) >= 11 is 6.10. The molecule has 0 heterocycles. The van der Waals surface area contributed by atoms with Gasteiger partial charge in [0.1, 0.15) is 5.75 Å². The third-order valence-corrected chi connectivity index (χ3v) is 3.81. The molecule has 2 aromatic rings. The van der Waals surface area contributed by atoms with E-state index in [9.17, 15) is 18.0 Å². The van der Waals surface area contributed by atoms with Crippen LogP contribution in [0.25, 0.3) is 0 Å². The number of ether oxygens (including phenoxy) is 1. The van der Waals surface area contributed by atoms with Crippen molar-refractivity contribution in [3.63, 3.8) is 0 Å². The summed E-state index contributed by atoms with van der Waals surface area (Å²) in [5.41, 5.74) is 11.0. The molecule has 4 N–H and O–H groups in total. The highest BCUT2D eigenvalue weighted by Crippen LogP contribution is 2.35. The Morgan fingerprint density at radius 3 is 2.35 bits per heavy atom. The third kappa shape index (κ3) is 5.38. The van der Waals surface area contributed by atoms with Gasteiger partial charge in [-0.2, -0.15) is 4.99 Å². The van der Waals surface area contributed by atoms with E-state index in [1.807, 2.05) is 0 Å². The van der Waals surface area contributed by atoms with Crippen LogP contribution in [0, 0.1) is 0 Å². The molecule has 0 fully saturated rings. The fourth-order valence-electron chi connectivity index (χ4n) is 2.41. The highest BCUT2D eigenvalue weighted by Gasteiger charge is 2.34. The van der Waals surface area contributed by atoms with Crippen molar-refractivity contribution in [3.05, 3.63) is 64.7 Å². The Hall–Kier alpha value is -2.74. The summed E-state index contributed by atoms with van der Waals surface area (Å²) < 4.78 is 42.1. The lowest BCUT2D eigenvalue weighted by molar-refractivity contribution is -0.275. The molecule has 1 atom stereocenters. The molecule has 9 heteroatoms. The molecule has 138 valence electrons. The Morgan fingerprint density at radius 2 is 1.73 bits per heavy atom. The van der Waals surface area contributed by atoms with E-state index in [4.69, 9.17) is 23.1 Å². The number of nitrogens with two attached hydrogens (primary N) is 2. The number of benzene rings is 2. The van der Waals surface area contributed by atoms with Gasteiger partial charge in [0.15, 0.2) is 5.96 Å². The van der Waals surface area contributed by atoms with E-state index in [0.29, 0.717) is 10.6 Å². The summed E-state index contributed by atoms with van der Waals surface area (Å²) in [6, 6.07) is 12.0. The Labute approximate surface area is 152 Å². The molecule has 0 saturated carbocycles. The van der Waals surface area contributed by atoms with Crippen LogP contribution >= 0.6 is 11.6 Å². The number of aliphatic imine (C=N–C) groups is 1. The van der Waals surface area contributed by atoms with Crippen LogP contribution in [-0.4, -0.2) is 18.2 Å². The molecular formula is C17H15ClF3N3O2. The van der Waals surface area contributed by atoms with Gasteiger partial charge in [0.25, 0.3) is 5.91 Å². The number of carbonyl (C=O) groups excluding carboxylic acids is 1. The van der Waals surface area contributed by atoms with Crippen molar-refractivity contribution < 1.29 is 22.7 Å². The fraction of sp³-hybridized carbons (Fsp3) is 0.176. The van der Waals surface area contributed by atoms with Crippen molar-refractivity contribution >= 4 is 23.5 Å². The van der Waals surface area contributed by atoms with Gasteiger partial charge in [0.2, 0.25) is 0 Å². The van der Waals surface area contributed by atoms with E-state index < -0.39 is 29.9 Å². The van der Waals surface area contributed by atoms with Crippen LogP contribution in [0.15, 0.2) is 53.5 Å². The van der Waals surface area contributed by atoms with Crippen LogP contribution in [0.2, 0.25) is 5.02 Å². The van der Waals surface area contributed by atoms with E-state index in [2.05, 4.69) is 9.73 Å². The number of carbonyl (C=O) groups is 1. The highest BCUT2D eigenvalue weighted by molar-refractivity contribution is 6.31. The number of para-hydroxylation sites is 1. The first-order chi connectivity index (χ1) is 12.2. The predicted octanol–water partition coefficient (Wildman–Crippen LogP) is 3.36. The van der Waals surface area contributed by atoms with Crippen molar-refractivity contribution in [2.75, 3.05) is 0 Å². The number of nitrogens with zero attached hydrogens (tertiary/aromatic N) is 1. The van der Waals surface area contributed by atoms with Crippen molar-refractivity contribution in [2.45, 2.75) is 18.7 Å². The first-order valence-corrected chi connectivity index (χ1v) is 7.76. The summed E-state index contributed by atoms with van der Waals surface area (Å²) in [6.07, 6.45) is -4.92. The molecule has 0 unspecified atom stereocenters. The topological polar surface area (TPSA) is 90.7 Å². The molecule has 1 amide bonds. The number of hydrogen-bond donors (Lipinski definition) is 2. The standard InChI is InChI=1S/C17H15ClF3N3O2/c18-13-7-3-1-5-10(13)9-12(15(25)24-16(22)23)11-6-2-4-8-14(11)26-17(19,20)21/h1-8,12H,9H2,(H4,22,23,24,25)/t12-/m1/s1. The summed E-state index contributed by atoms with van der Waals surface area (Å²) in [5, 5.41) is 0.365. The fourth-order valence-corrected chi connectivity index (χ4v) is 2.62. The first-order valence-electron chi connectivity index (χ1n) is 7.39. The van der Waals surface area contributed by atoms with Crippen molar-refractivity contribution in [1.29, 1.82) is 0 Å². The lowest BCUT2D eigenvalue weighted by Gasteiger charge is -2.19. The monoisotopic (exact) mass is 385 g/mol.